The van der Waals surface area contributed by atoms with E-state index in [0.717, 1.165) is 17.7 Å². The molecule has 2 atom stereocenters. The van der Waals surface area contributed by atoms with Crippen LogP contribution in [-0.4, -0.2) is 25.8 Å². The molecular weight excluding hydrogens is 232 g/mol. The predicted octanol–water partition coefficient (Wildman–Crippen LogP) is 2.67. The van der Waals surface area contributed by atoms with E-state index in [9.17, 15) is 4.21 Å². The molecule has 0 aliphatic rings. The van der Waals surface area contributed by atoms with Crippen molar-refractivity contribution in [3.63, 3.8) is 0 Å². The molecular formula is C13H18N2OS. The normalized spacial score (nSPS) is 15.0. The van der Waals surface area contributed by atoms with Crippen molar-refractivity contribution in [1.29, 1.82) is 0 Å². The van der Waals surface area contributed by atoms with Gasteiger partial charge in [-0.3, -0.25) is 4.21 Å². The van der Waals surface area contributed by atoms with Crippen molar-refractivity contribution in [2.45, 2.75) is 26.3 Å². The van der Waals surface area contributed by atoms with E-state index in [4.69, 9.17) is 0 Å². The van der Waals surface area contributed by atoms with Crippen molar-refractivity contribution in [2.24, 2.45) is 0 Å². The number of aryl methyl sites for hydroxylation is 1. The van der Waals surface area contributed by atoms with Crippen LogP contribution in [-0.2, 0) is 10.8 Å². The van der Waals surface area contributed by atoms with Gasteiger partial charge in [-0.15, -0.1) is 0 Å². The van der Waals surface area contributed by atoms with E-state index in [1.165, 1.54) is 11.1 Å². The molecule has 2 unspecified atom stereocenters. The Balaban J connectivity index is 2.28. The van der Waals surface area contributed by atoms with Crippen LogP contribution in [0.1, 0.15) is 24.9 Å². The third-order valence-corrected chi connectivity index (χ3v) is 3.84. The van der Waals surface area contributed by atoms with Gasteiger partial charge in [0.2, 0.25) is 0 Å². The number of benzene rings is 1. The second kappa shape index (κ2) is 5.00. The van der Waals surface area contributed by atoms with Gasteiger partial charge in [0.1, 0.15) is 0 Å². The topological polar surface area (TPSA) is 34.9 Å². The number of rotatable bonds is 4. The molecule has 2 rings (SSSR count). The average Bonchev–Trinajstić information content (AvgIpc) is 2.68. The van der Waals surface area contributed by atoms with Gasteiger partial charge < -0.3 is 4.57 Å². The Kier molecular flexibility index (Phi) is 3.62. The zero-order valence-corrected chi connectivity index (χ0v) is 11.3. The fourth-order valence-electron chi connectivity index (χ4n) is 1.96. The van der Waals surface area contributed by atoms with E-state index < -0.39 is 10.8 Å². The zero-order valence-electron chi connectivity index (χ0n) is 10.5. The highest BCUT2D eigenvalue weighted by Crippen LogP contribution is 2.20. The van der Waals surface area contributed by atoms with Gasteiger partial charge in [-0.1, -0.05) is 6.07 Å². The largest absolute Gasteiger partial charge is 0.328 e. The highest BCUT2D eigenvalue weighted by atomic mass is 32.2. The number of imidazole rings is 1. The van der Waals surface area contributed by atoms with Crippen molar-refractivity contribution in [3.05, 3.63) is 30.1 Å². The molecule has 17 heavy (non-hydrogen) atoms. The van der Waals surface area contributed by atoms with Gasteiger partial charge >= 0.3 is 0 Å². The Morgan fingerprint density at radius 2 is 2.24 bits per heavy atom. The highest BCUT2D eigenvalue weighted by molar-refractivity contribution is 7.84. The third kappa shape index (κ3) is 2.75. The number of hydrogen-bond donors (Lipinski definition) is 0. The van der Waals surface area contributed by atoms with Crippen molar-refractivity contribution in [2.75, 3.05) is 12.0 Å². The van der Waals surface area contributed by atoms with E-state index in [1.54, 1.807) is 6.26 Å². The quantitative estimate of drug-likeness (QED) is 0.836. The minimum Gasteiger partial charge on any atom is -0.328 e. The number of aromatic nitrogens is 2. The summed E-state index contributed by atoms with van der Waals surface area (Å²) in [5, 5.41) is 0. The van der Waals surface area contributed by atoms with Crippen LogP contribution < -0.4 is 0 Å². The second-order valence-corrected chi connectivity index (χ2v) is 6.11. The van der Waals surface area contributed by atoms with Gasteiger partial charge in [-0.2, -0.15) is 0 Å². The monoisotopic (exact) mass is 250 g/mol. The maximum atomic E-state index is 11.1. The highest BCUT2D eigenvalue weighted by Gasteiger charge is 2.09. The van der Waals surface area contributed by atoms with Gasteiger partial charge in [-0.05, 0) is 38.0 Å². The molecule has 1 aromatic heterocycles. The number of fused-ring (bicyclic) bond motifs is 1. The summed E-state index contributed by atoms with van der Waals surface area (Å²) < 4.78 is 13.3. The van der Waals surface area contributed by atoms with Crippen LogP contribution >= 0.6 is 0 Å². The molecule has 3 nitrogen and oxygen atoms in total. The second-order valence-electron chi connectivity index (χ2n) is 4.56. The Bertz CT molecular complexity index is 547. The minimum absolute atomic E-state index is 0.339. The maximum Gasteiger partial charge on any atom is 0.0960 e. The molecule has 0 saturated carbocycles. The van der Waals surface area contributed by atoms with Crippen LogP contribution in [0.4, 0.5) is 0 Å². The molecule has 0 aliphatic carbocycles. The maximum absolute atomic E-state index is 11.1. The molecule has 2 aromatic rings. The van der Waals surface area contributed by atoms with Crippen molar-refractivity contribution < 1.29 is 4.21 Å². The first-order valence-electron chi connectivity index (χ1n) is 5.81. The molecule has 1 aromatic carbocycles. The molecule has 1 heterocycles. The van der Waals surface area contributed by atoms with Crippen molar-refractivity contribution >= 4 is 21.8 Å². The molecule has 0 amide bonds. The first kappa shape index (κ1) is 12.3. The molecule has 0 radical (unpaired) electrons. The molecule has 0 N–H and O–H groups in total. The summed E-state index contributed by atoms with van der Waals surface area (Å²) >= 11 is 0. The fourth-order valence-corrected chi connectivity index (χ4v) is 2.64. The Labute approximate surface area is 104 Å². The first-order chi connectivity index (χ1) is 8.08. The fraction of sp³-hybridized carbons (Fsp3) is 0.462. The van der Waals surface area contributed by atoms with Gasteiger partial charge in [0.15, 0.2) is 0 Å². The third-order valence-electron chi connectivity index (χ3n) is 3.03. The Morgan fingerprint density at radius 1 is 1.47 bits per heavy atom. The van der Waals surface area contributed by atoms with Crippen LogP contribution in [0, 0.1) is 6.92 Å². The lowest BCUT2D eigenvalue weighted by Crippen LogP contribution is -2.08. The Hall–Kier alpha value is -1.16. The van der Waals surface area contributed by atoms with E-state index >= 15 is 0 Å². The lowest BCUT2D eigenvalue weighted by molar-refractivity contribution is 0.545. The van der Waals surface area contributed by atoms with Crippen LogP contribution in [0.5, 0.6) is 0 Å². The number of nitrogens with zero attached hydrogens (tertiary/aromatic N) is 2. The minimum atomic E-state index is -0.720. The molecule has 4 heteroatoms. The van der Waals surface area contributed by atoms with E-state index in [1.807, 2.05) is 12.4 Å². The van der Waals surface area contributed by atoms with Crippen LogP contribution in [0.3, 0.4) is 0 Å². The van der Waals surface area contributed by atoms with E-state index in [-0.39, 0.29) is 0 Å². The SMILES string of the molecule is Cc1ccc2ncn(C(C)CCS(C)=O)c2c1. The molecule has 0 saturated heterocycles. The summed E-state index contributed by atoms with van der Waals surface area (Å²) in [4.78, 5) is 4.40. The predicted molar refractivity (Wildman–Crippen MR) is 72.7 cm³/mol. The summed E-state index contributed by atoms with van der Waals surface area (Å²) in [5.74, 6) is 0.743. The van der Waals surface area contributed by atoms with Gasteiger partial charge in [0, 0.05) is 28.9 Å². The summed E-state index contributed by atoms with van der Waals surface area (Å²) in [6, 6.07) is 6.62. The van der Waals surface area contributed by atoms with Gasteiger partial charge in [0.05, 0.1) is 17.4 Å². The first-order valence-corrected chi connectivity index (χ1v) is 7.54. The van der Waals surface area contributed by atoms with Crippen LogP contribution in [0.15, 0.2) is 24.5 Å². The molecule has 0 fully saturated rings. The molecule has 0 aliphatic heterocycles. The molecule has 92 valence electrons. The van der Waals surface area contributed by atoms with Crippen LogP contribution in [0.25, 0.3) is 11.0 Å². The lowest BCUT2D eigenvalue weighted by Gasteiger charge is -2.13. The van der Waals surface area contributed by atoms with E-state index in [0.29, 0.717) is 6.04 Å². The van der Waals surface area contributed by atoms with Crippen molar-refractivity contribution in [1.82, 2.24) is 9.55 Å². The zero-order chi connectivity index (χ0) is 12.4. The smallest absolute Gasteiger partial charge is 0.0960 e. The lowest BCUT2D eigenvalue weighted by atomic mass is 10.2. The van der Waals surface area contributed by atoms with E-state index in [2.05, 4.69) is 35.5 Å². The van der Waals surface area contributed by atoms with Gasteiger partial charge in [0.25, 0.3) is 0 Å². The molecule has 0 bridgehead atoms. The Morgan fingerprint density at radius 3 is 2.94 bits per heavy atom. The summed E-state index contributed by atoms with van der Waals surface area (Å²) in [6.45, 7) is 4.23. The average molecular weight is 250 g/mol. The number of hydrogen-bond acceptors (Lipinski definition) is 2. The summed E-state index contributed by atoms with van der Waals surface area (Å²) in [7, 11) is -0.720. The van der Waals surface area contributed by atoms with Gasteiger partial charge in [-0.25, -0.2) is 4.98 Å². The standard InChI is InChI=1S/C13H18N2OS/c1-10-4-5-12-13(8-10)15(9-14-12)11(2)6-7-17(3)16/h4-5,8-9,11H,6-7H2,1-3H3. The summed E-state index contributed by atoms with van der Waals surface area (Å²) in [5.41, 5.74) is 3.44. The molecule has 0 spiro atoms. The summed E-state index contributed by atoms with van der Waals surface area (Å²) in [6.07, 6.45) is 4.55. The van der Waals surface area contributed by atoms with Crippen molar-refractivity contribution in [3.8, 4) is 0 Å². The van der Waals surface area contributed by atoms with Crippen LogP contribution in [0.2, 0.25) is 0 Å².